The van der Waals surface area contributed by atoms with Gasteiger partial charge in [0.2, 0.25) is 5.75 Å². The molecule has 0 atom stereocenters. The van der Waals surface area contributed by atoms with Crippen LogP contribution in [0.1, 0.15) is 16.7 Å². The Labute approximate surface area is 182 Å². The van der Waals surface area contributed by atoms with Crippen molar-refractivity contribution in [2.24, 2.45) is 0 Å². The second-order valence-corrected chi connectivity index (χ2v) is 6.63. The first-order valence-electron chi connectivity index (χ1n) is 9.58. The average Bonchev–Trinajstić information content (AvgIpc) is 2.81. The summed E-state index contributed by atoms with van der Waals surface area (Å²) in [5.74, 6) is 2.86. The molecular weight excluding hydrogens is 396 g/mol. The number of hydrogen-bond donors (Lipinski definition) is 1. The Morgan fingerprint density at radius 2 is 1.26 bits per heavy atom. The van der Waals surface area contributed by atoms with Crippen molar-refractivity contribution in [2.75, 3.05) is 35.5 Å². The predicted molar refractivity (Wildman–Crippen MR) is 121 cm³/mol. The van der Waals surface area contributed by atoms with Gasteiger partial charge in [0.1, 0.15) is 5.75 Å². The van der Waals surface area contributed by atoms with Gasteiger partial charge in [-0.3, -0.25) is 0 Å². The van der Waals surface area contributed by atoms with Crippen molar-refractivity contribution in [3.05, 3.63) is 71.3 Å². The van der Waals surface area contributed by atoms with Gasteiger partial charge < -0.3 is 28.8 Å². The van der Waals surface area contributed by atoms with Gasteiger partial charge in [-0.2, -0.15) is 0 Å². The first kappa shape index (κ1) is 21.9. The third-order valence-electron chi connectivity index (χ3n) is 4.89. The van der Waals surface area contributed by atoms with Crippen LogP contribution in [0.3, 0.4) is 0 Å². The fourth-order valence-electron chi connectivity index (χ4n) is 3.30. The quantitative estimate of drug-likeness (QED) is 0.514. The van der Waals surface area contributed by atoms with Crippen molar-refractivity contribution in [3.8, 4) is 34.5 Å². The van der Waals surface area contributed by atoms with Crippen molar-refractivity contribution in [2.45, 2.75) is 0 Å². The third kappa shape index (κ3) is 4.69. The van der Waals surface area contributed by atoms with Crippen LogP contribution in [0.25, 0.3) is 11.6 Å². The molecule has 6 nitrogen and oxygen atoms in total. The molecule has 162 valence electrons. The Bertz CT molecular complexity index is 1040. The predicted octanol–water partition coefficient (Wildman–Crippen LogP) is 5.02. The molecule has 0 amide bonds. The first-order valence-corrected chi connectivity index (χ1v) is 9.58. The second kappa shape index (κ2) is 9.80. The lowest BCUT2D eigenvalue weighted by Crippen LogP contribution is -1.98. The molecule has 6 heteroatoms. The number of aromatic hydroxyl groups is 1. The molecule has 31 heavy (non-hydrogen) atoms. The maximum atomic E-state index is 10.2. The topological polar surface area (TPSA) is 66.4 Å². The number of hydrogen-bond acceptors (Lipinski definition) is 6. The van der Waals surface area contributed by atoms with E-state index in [0.717, 1.165) is 28.0 Å². The highest BCUT2D eigenvalue weighted by Gasteiger charge is 2.17. The van der Waals surface area contributed by atoms with Crippen LogP contribution in [-0.2, 0) is 0 Å². The zero-order chi connectivity index (χ0) is 22.4. The van der Waals surface area contributed by atoms with Gasteiger partial charge in [-0.15, -0.1) is 0 Å². The third-order valence-corrected chi connectivity index (χ3v) is 4.89. The smallest absolute Gasteiger partial charge is 0.203 e. The summed E-state index contributed by atoms with van der Waals surface area (Å²) in [7, 11) is 7.88. The molecule has 0 radical (unpaired) electrons. The Kier molecular flexibility index (Phi) is 6.92. The van der Waals surface area contributed by atoms with E-state index in [4.69, 9.17) is 23.7 Å². The molecule has 0 aliphatic rings. The van der Waals surface area contributed by atoms with E-state index in [1.165, 1.54) is 7.11 Å². The SMILES string of the molecule is COc1ccc(/C(=C/c2ccc(OC)c(O)c2)c2cc(OC)c(OC)c(OC)c2)cc1. The van der Waals surface area contributed by atoms with Gasteiger partial charge in [0.05, 0.1) is 35.5 Å². The highest BCUT2D eigenvalue weighted by molar-refractivity contribution is 5.93. The lowest BCUT2D eigenvalue weighted by Gasteiger charge is -2.16. The normalized spacial score (nSPS) is 11.1. The molecule has 1 N–H and O–H groups in total. The van der Waals surface area contributed by atoms with Crippen LogP contribution in [0.2, 0.25) is 0 Å². The van der Waals surface area contributed by atoms with Gasteiger partial charge in [0.25, 0.3) is 0 Å². The van der Waals surface area contributed by atoms with Gasteiger partial charge in [0.15, 0.2) is 23.0 Å². The van der Waals surface area contributed by atoms with Crippen LogP contribution in [0, 0.1) is 0 Å². The van der Waals surface area contributed by atoms with E-state index < -0.39 is 0 Å². The minimum atomic E-state index is 0.0650. The van der Waals surface area contributed by atoms with Crippen molar-refractivity contribution >= 4 is 11.6 Å². The van der Waals surface area contributed by atoms with Gasteiger partial charge in [-0.05, 0) is 64.7 Å². The van der Waals surface area contributed by atoms with E-state index in [1.807, 2.05) is 48.5 Å². The first-order chi connectivity index (χ1) is 15.0. The summed E-state index contributed by atoms with van der Waals surface area (Å²) in [6, 6.07) is 16.8. The summed E-state index contributed by atoms with van der Waals surface area (Å²) in [6.45, 7) is 0. The minimum Gasteiger partial charge on any atom is -0.504 e. The number of phenolic OH excluding ortho intramolecular Hbond substituents is 1. The average molecular weight is 422 g/mol. The molecule has 0 spiro atoms. The standard InChI is InChI=1S/C25H26O6/c1-27-19-9-7-17(8-10-19)20(12-16-6-11-22(28-2)21(26)13-16)18-14-23(29-3)25(31-5)24(15-18)30-4/h6-15,26H,1-5H3/b20-12-. The molecule has 0 fully saturated rings. The van der Waals surface area contributed by atoms with E-state index in [-0.39, 0.29) is 5.75 Å². The Balaban J connectivity index is 2.22. The summed E-state index contributed by atoms with van der Waals surface area (Å²) in [5, 5.41) is 10.2. The van der Waals surface area contributed by atoms with Crippen molar-refractivity contribution in [1.82, 2.24) is 0 Å². The molecule has 0 saturated heterocycles. The van der Waals surface area contributed by atoms with E-state index in [2.05, 4.69) is 0 Å². The van der Waals surface area contributed by atoms with Crippen molar-refractivity contribution in [1.29, 1.82) is 0 Å². The number of phenols is 1. The molecule has 3 aromatic rings. The molecule has 0 unspecified atom stereocenters. The van der Waals surface area contributed by atoms with Crippen molar-refractivity contribution in [3.63, 3.8) is 0 Å². The highest BCUT2D eigenvalue weighted by Crippen LogP contribution is 2.42. The van der Waals surface area contributed by atoms with Crippen LogP contribution < -0.4 is 23.7 Å². The number of benzene rings is 3. The molecule has 0 heterocycles. The lowest BCUT2D eigenvalue weighted by atomic mass is 9.94. The minimum absolute atomic E-state index is 0.0650. The maximum Gasteiger partial charge on any atom is 0.203 e. The molecule has 0 aliphatic heterocycles. The van der Waals surface area contributed by atoms with Crippen molar-refractivity contribution < 1.29 is 28.8 Å². The number of rotatable bonds is 8. The monoisotopic (exact) mass is 422 g/mol. The highest BCUT2D eigenvalue weighted by atomic mass is 16.5. The second-order valence-electron chi connectivity index (χ2n) is 6.63. The zero-order valence-corrected chi connectivity index (χ0v) is 18.3. The molecular formula is C25H26O6. The summed E-state index contributed by atoms with van der Waals surface area (Å²) in [5.41, 5.74) is 3.50. The van der Waals surface area contributed by atoms with Crippen LogP contribution >= 0.6 is 0 Å². The van der Waals surface area contributed by atoms with Crippen LogP contribution in [0.5, 0.6) is 34.5 Å². The zero-order valence-electron chi connectivity index (χ0n) is 18.3. The lowest BCUT2D eigenvalue weighted by molar-refractivity contribution is 0.324. The maximum absolute atomic E-state index is 10.2. The Morgan fingerprint density at radius 3 is 1.74 bits per heavy atom. The fraction of sp³-hybridized carbons (Fsp3) is 0.200. The van der Waals surface area contributed by atoms with E-state index in [9.17, 15) is 5.11 Å². The Morgan fingerprint density at radius 1 is 0.645 bits per heavy atom. The molecule has 0 aromatic heterocycles. The van der Waals surface area contributed by atoms with Gasteiger partial charge in [0, 0.05) is 0 Å². The molecule has 3 aromatic carbocycles. The molecule has 0 aliphatic carbocycles. The van der Waals surface area contributed by atoms with E-state index in [1.54, 1.807) is 40.6 Å². The van der Waals surface area contributed by atoms with Crippen LogP contribution in [0.15, 0.2) is 54.6 Å². The van der Waals surface area contributed by atoms with Crippen LogP contribution in [-0.4, -0.2) is 40.7 Å². The fourth-order valence-corrected chi connectivity index (χ4v) is 3.30. The summed E-state index contributed by atoms with van der Waals surface area (Å²) in [4.78, 5) is 0. The summed E-state index contributed by atoms with van der Waals surface area (Å²) in [6.07, 6.45) is 1.97. The number of methoxy groups -OCH3 is 5. The summed E-state index contributed by atoms with van der Waals surface area (Å²) >= 11 is 0. The molecule has 3 rings (SSSR count). The number of ether oxygens (including phenoxy) is 5. The van der Waals surface area contributed by atoms with Gasteiger partial charge >= 0.3 is 0 Å². The largest absolute Gasteiger partial charge is 0.504 e. The van der Waals surface area contributed by atoms with Gasteiger partial charge in [-0.25, -0.2) is 0 Å². The van der Waals surface area contributed by atoms with Gasteiger partial charge in [-0.1, -0.05) is 18.2 Å². The van der Waals surface area contributed by atoms with Crippen LogP contribution in [0.4, 0.5) is 0 Å². The molecule has 0 saturated carbocycles. The van der Waals surface area contributed by atoms with E-state index in [0.29, 0.717) is 23.0 Å². The summed E-state index contributed by atoms with van der Waals surface area (Å²) < 4.78 is 27.0. The van der Waals surface area contributed by atoms with E-state index >= 15 is 0 Å². The molecule has 0 bridgehead atoms. The Hall–Kier alpha value is -3.80.